The van der Waals surface area contributed by atoms with E-state index < -0.39 is 11.9 Å². The molecule has 0 spiro atoms. The summed E-state index contributed by atoms with van der Waals surface area (Å²) in [4.78, 5) is 33.8. The highest BCUT2D eigenvalue weighted by molar-refractivity contribution is 6.35. The molecule has 0 saturated carbocycles. The number of carbonyl (C=O) groups excluding carboxylic acids is 1. The highest BCUT2D eigenvalue weighted by Gasteiger charge is 2.21. The van der Waals surface area contributed by atoms with Gasteiger partial charge in [0.1, 0.15) is 17.8 Å². The molecule has 0 aliphatic rings. The second-order valence-electron chi connectivity index (χ2n) is 7.50. The number of nitrogens with zero attached hydrogens (tertiary/aromatic N) is 4. The molecule has 164 valence electrons. The van der Waals surface area contributed by atoms with E-state index in [1.807, 2.05) is 49.4 Å². The summed E-state index contributed by atoms with van der Waals surface area (Å²) in [6, 6.07) is 16.2. The summed E-state index contributed by atoms with van der Waals surface area (Å²) in [7, 11) is 0. The van der Waals surface area contributed by atoms with Crippen LogP contribution in [0.4, 0.5) is 5.82 Å². The van der Waals surface area contributed by atoms with Crippen molar-refractivity contribution in [1.29, 1.82) is 0 Å². The Morgan fingerprint density at radius 1 is 1.12 bits per heavy atom. The largest absolute Gasteiger partial charge is 0.364 e. The smallest absolute Gasteiger partial charge is 0.267 e. The van der Waals surface area contributed by atoms with Crippen LogP contribution in [-0.4, -0.2) is 30.6 Å². The third kappa shape index (κ3) is 3.48. The van der Waals surface area contributed by atoms with Gasteiger partial charge in [-0.05, 0) is 36.6 Å². The molecule has 2 aromatic carbocycles. The van der Waals surface area contributed by atoms with E-state index in [9.17, 15) is 9.59 Å². The monoisotopic (exact) mass is 459 g/mol. The molecule has 5 rings (SSSR count). The Kier molecular flexibility index (Phi) is 5.02. The third-order valence-electron chi connectivity index (χ3n) is 5.43. The summed E-state index contributed by atoms with van der Waals surface area (Å²) in [6.45, 7) is 1.89. The van der Waals surface area contributed by atoms with E-state index in [2.05, 4.69) is 25.5 Å². The van der Waals surface area contributed by atoms with Crippen molar-refractivity contribution in [1.82, 2.24) is 24.7 Å². The number of hydrogen-bond donors (Lipinski definition) is 3. The van der Waals surface area contributed by atoms with E-state index in [4.69, 9.17) is 17.3 Å². The van der Waals surface area contributed by atoms with Crippen molar-refractivity contribution in [2.75, 3.05) is 5.32 Å². The second kappa shape index (κ2) is 8.03. The lowest BCUT2D eigenvalue weighted by Crippen LogP contribution is -2.26. The van der Waals surface area contributed by atoms with Gasteiger partial charge in [0, 0.05) is 11.4 Å². The molecule has 1 unspecified atom stereocenters. The molecule has 1 amide bonds. The van der Waals surface area contributed by atoms with Gasteiger partial charge in [-0.15, -0.1) is 0 Å². The van der Waals surface area contributed by atoms with Crippen LogP contribution in [-0.2, 0) is 0 Å². The van der Waals surface area contributed by atoms with Crippen molar-refractivity contribution in [3.63, 3.8) is 0 Å². The molecule has 0 aliphatic heterocycles. The minimum absolute atomic E-state index is 0.103. The highest BCUT2D eigenvalue weighted by atomic mass is 35.5. The highest BCUT2D eigenvalue weighted by Crippen LogP contribution is 2.29. The fourth-order valence-electron chi connectivity index (χ4n) is 3.92. The molecular formula is C23H18ClN7O2. The maximum absolute atomic E-state index is 13.6. The van der Waals surface area contributed by atoms with Gasteiger partial charge in [0.2, 0.25) is 0 Å². The summed E-state index contributed by atoms with van der Waals surface area (Å²) < 4.78 is 1.62. The zero-order chi connectivity index (χ0) is 23.1. The molecule has 0 radical (unpaired) electrons. The molecule has 3 aromatic heterocycles. The number of primary amides is 1. The molecule has 0 bridgehead atoms. The fourth-order valence-corrected chi connectivity index (χ4v) is 4.19. The number of anilines is 1. The first kappa shape index (κ1) is 20.7. The van der Waals surface area contributed by atoms with E-state index in [1.54, 1.807) is 16.7 Å². The van der Waals surface area contributed by atoms with Crippen LogP contribution in [0.2, 0.25) is 5.02 Å². The third-order valence-corrected chi connectivity index (χ3v) is 5.75. The summed E-state index contributed by atoms with van der Waals surface area (Å²) in [5.41, 5.74) is 7.03. The van der Waals surface area contributed by atoms with Crippen molar-refractivity contribution >= 4 is 45.1 Å². The lowest BCUT2D eigenvalue weighted by Gasteiger charge is -2.22. The Balaban J connectivity index is 1.71. The number of pyridine rings is 1. The Hall–Kier alpha value is -4.24. The Labute approximate surface area is 192 Å². The number of hydrogen-bond acceptors (Lipinski definition) is 6. The van der Waals surface area contributed by atoms with Crippen LogP contribution < -0.4 is 16.6 Å². The lowest BCUT2D eigenvalue weighted by molar-refractivity contribution is 0.0997. The van der Waals surface area contributed by atoms with E-state index >= 15 is 0 Å². The van der Waals surface area contributed by atoms with Crippen molar-refractivity contribution in [3.05, 3.63) is 87.7 Å². The molecule has 1 atom stereocenters. The maximum Gasteiger partial charge on any atom is 0.267 e. The number of amides is 1. The number of carbonyl (C=O) groups is 1. The number of nitrogens with two attached hydrogens (primary N) is 1. The number of nitrogens with one attached hydrogen (secondary N) is 2. The first-order valence-electron chi connectivity index (χ1n) is 10.1. The number of halogens is 1. The zero-order valence-electron chi connectivity index (χ0n) is 17.4. The van der Waals surface area contributed by atoms with Gasteiger partial charge in [0.15, 0.2) is 5.65 Å². The summed E-state index contributed by atoms with van der Waals surface area (Å²) in [6.07, 6.45) is 1.34. The number of rotatable bonds is 5. The topological polar surface area (TPSA) is 132 Å². The number of aromatic nitrogens is 5. The number of benzene rings is 2. The van der Waals surface area contributed by atoms with Crippen LogP contribution >= 0.6 is 11.6 Å². The van der Waals surface area contributed by atoms with Gasteiger partial charge in [-0.1, -0.05) is 41.9 Å². The molecule has 0 aliphatic carbocycles. The summed E-state index contributed by atoms with van der Waals surface area (Å²) in [5.74, 6) is -0.308. The quantitative estimate of drug-likeness (QED) is 0.368. The molecule has 33 heavy (non-hydrogen) atoms. The number of para-hydroxylation sites is 1. The van der Waals surface area contributed by atoms with E-state index in [1.165, 1.54) is 6.33 Å². The van der Waals surface area contributed by atoms with Gasteiger partial charge in [0.05, 0.1) is 21.8 Å². The van der Waals surface area contributed by atoms with Crippen LogP contribution in [0.5, 0.6) is 0 Å². The average molecular weight is 460 g/mol. The van der Waals surface area contributed by atoms with Gasteiger partial charge >= 0.3 is 0 Å². The minimum atomic E-state index is -0.676. The number of H-pyrrole nitrogens is 1. The Bertz CT molecular complexity index is 1580. The first-order chi connectivity index (χ1) is 16.0. The predicted molar refractivity (Wildman–Crippen MR) is 127 cm³/mol. The second-order valence-corrected chi connectivity index (χ2v) is 7.91. The summed E-state index contributed by atoms with van der Waals surface area (Å²) >= 11 is 6.38. The molecular weight excluding hydrogens is 442 g/mol. The van der Waals surface area contributed by atoms with E-state index in [-0.39, 0.29) is 11.3 Å². The van der Waals surface area contributed by atoms with Gasteiger partial charge < -0.3 is 11.1 Å². The molecule has 3 heterocycles. The van der Waals surface area contributed by atoms with Crippen LogP contribution in [0, 0.1) is 0 Å². The molecule has 10 heteroatoms. The van der Waals surface area contributed by atoms with Crippen LogP contribution in [0.1, 0.15) is 29.1 Å². The fraction of sp³-hybridized carbons (Fsp3) is 0.0870. The minimum Gasteiger partial charge on any atom is -0.364 e. The molecule has 5 aromatic rings. The van der Waals surface area contributed by atoms with Crippen molar-refractivity contribution in [2.45, 2.75) is 13.0 Å². The Morgan fingerprint density at radius 3 is 2.67 bits per heavy atom. The first-order valence-corrected chi connectivity index (χ1v) is 10.5. The van der Waals surface area contributed by atoms with Crippen LogP contribution in [0.3, 0.4) is 0 Å². The summed E-state index contributed by atoms with van der Waals surface area (Å²) in [5, 5.41) is 11.8. The molecule has 0 saturated heterocycles. The Morgan fingerprint density at radius 2 is 1.91 bits per heavy atom. The van der Waals surface area contributed by atoms with Crippen LogP contribution in [0.15, 0.2) is 65.7 Å². The molecule has 4 N–H and O–H groups in total. The van der Waals surface area contributed by atoms with Crippen molar-refractivity contribution in [3.8, 4) is 5.69 Å². The SMILES string of the molecule is CC(Nc1ncnc2n[nH]c(C(N)=O)c12)c1cc2cccc(Cl)c2c(=O)n1-c1ccccc1. The van der Waals surface area contributed by atoms with Crippen molar-refractivity contribution < 1.29 is 4.79 Å². The van der Waals surface area contributed by atoms with E-state index in [0.29, 0.717) is 38.6 Å². The van der Waals surface area contributed by atoms with Gasteiger partial charge in [-0.2, -0.15) is 5.10 Å². The van der Waals surface area contributed by atoms with Gasteiger partial charge in [-0.3, -0.25) is 19.3 Å². The average Bonchev–Trinajstić information content (AvgIpc) is 3.25. The molecule has 0 fully saturated rings. The normalized spacial score (nSPS) is 12.2. The predicted octanol–water partition coefficient (Wildman–Crippen LogP) is 3.58. The van der Waals surface area contributed by atoms with Gasteiger partial charge in [0.25, 0.3) is 11.5 Å². The standard InChI is InChI=1S/C23H18ClN7O2/c1-12(28-21-18-19(20(25)32)29-30-22(18)27-11-26-21)16-10-13-6-5-9-15(24)17(13)23(33)31(16)14-7-3-2-4-8-14/h2-12H,1H3,(H2,25,32)(H2,26,27,28,29,30). The van der Waals surface area contributed by atoms with Crippen LogP contribution in [0.25, 0.3) is 27.5 Å². The van der Waals surface area contributed by atoms with Crippen molar-refractivity contribution in [2.24, 2.45) is 5.73 Å². The number of fused-ring (bicyclic) bond motifs is 2. The number of aromatic amines is 1. The molecule has 9 nitrogen and oxygen atoms in total. The maximum atomic E-state index is 13.6. The van der Waals surface area contributed by atoms with E-state index in [0.717, 1.165) is 5.39 Å². The zero-order valence-corrected chi connectivity index (χ0v) is 18.2. The lowest BCUT2D eigenvalue weighted by atomic mass is 10.1. The van der Waals surface area contributed by atoms with Gasteiger partial charge in [-0.25, -0.2) is 9.97 Å².